The van der Waals surface area contributed by atoms with Gasteiger partial charge in [0.1, 0.15) is 0 Å². The molecule has 1 fully saturated rings. The molecule has 0 bridgehead atoms. The first-order chi connectivity index (χ1) is 12.3. The van der Waals surface area contributed by atoms with Crippen molar-refractivity contribution in [3.05, 3.63) is 35.7 Å². The zero-order valence-corrected chi connectivity index (χ0v) is 14.6. The summed E-state index contributed by atoms with van der Waals surface area (Å²) in [6.45, 7) is 4.98. The summed E-state index contributed by atoms with van der Waals surface area (Å²) >= 11 is 0. The van der Waals surface area contributed by atoms with E-state index in [2.05, 4.69) is 10.1 Å². The summed E-state index contributed by atoms with van der Waals surface area (Å²) in [6.07, 6.45) is -2.82. The first-order valence-electron chi connectivity index (χ1n) is 8.63. The Bertz CT molecular complexity index is 778. The number of aromatic nitrogens is 2. The molecule has 140 valence electrons. The van der Waals surface area contributed by atoms with Gasteiger partial charge in [-0.25, -0.2) is 0 Å². The van der Waals surface area contributed by atoms with Crippen LogP contribution in [0.5, 0.6) is 0 Å². The van der Waals surface area contributed by atoms with E-state index < -0.39 is 11.7 Å². The zero-order valence-electron chi connectivity index (χ0n) is 14.6. The van der Waals surface area contributed by atoms with Crippen molar-refractivity contribution < 1.29 is 22.5 Å². The third kappa shape index (κ3) is 3.59. The van der Waals surface area contributed by atoms with Crippen molar-refractivity contribution in [1.29, 1.82) is 0 Å². The van der Waals surface area contributed by atoms with Crippen molar-refractivity contribution in [3.8, 4) is 11.4 Å². The zero-order chi connectivity index (χ0) is 18.9. The number of halogens is 3. The highest BCUT2D eigenvalue weighted by molar-refractivity contribution is 5.79. The standard InChI is InChI=1S/C18H20F3N3O2/c1-3-11(4-2)17(25)24-9-13(10-24)16-22-15(23-26-16)12-6-5-7-14(8-12)18(19,20)21/h5-8,11,13H,3-4,9-10H2,1-2H3. The maximum absolute atomic E-state index is 12.8. The maximum Gasteiger partial charge on any atom is 0.416 e. The van der Waals surface area contributed by atoms with Crippen LogP contribution >= 0.6 is 0 Å². The van der Waals surface area contributed by atoms with E-state index in [0.29, 0.717) is 19.0 Å². The van der Waals surface area contributed by atoms with Crippen LogP contribution in [0.2, 0.25) is 0 Å². The molecule has 0 atom stereocenters. The van der Waals surface area contributed by atoms with E-state index in [4.69, 9.17) is 4.52 Å². The van der Waals surface area contributed by atoms with Crippen LogP contribution in [0.25, 0.3) is 11.4 Å². The lowest BCUT2D eigenvalue weighted by Crippen LogP contribution is -2.50. The molecular formula is C18H20F3N3O2. The number of rotatable bonds is 5. The van der Waals surface area contributed by atoms with Gasteiger partial charge >= 0.3 is 6.18 Å². The Balaban J connectivity index is 1.68. The summed E-state index contributed by atoms with van der Waals surface area (Å²) in [6, 6.07) is 4.82. The molecule has 1 aromatic heterocycles. The van der Waals surface area contributed by atoms with E-state index in [9.17, 15) is 18.0 Å². The van der Waals surface area contributed by atoms with Crippen molar-refractivity contribution >= 4 is 5.91 Å². The first kappa shape index (κ1) is 18.4. The van der Waals surface area contributed by atoms with Crippen LogP contribution in [0.3, 0.4) is 0 Å². The number of likely N-dealkylation sites (tertiary alicyclic amines) is 1. The summed E-state index contributed by atoms with van der Waals surface area (Å²) in [7, 11) is 0. The van der Waals surface area contributed by atoms with Gasteiger partial charge in [0, 0.05) is 24.6 Å². The third-order valence-corrected chi connectivity index (χ3v) is 4.77. The quantitative estimate of drug-likeness (QED) is 0.798. The molecule has 0 radical (unpaired) electrons. The molecule has 0 spiro atoms. The minimum absolute atomic E-state index is 0.0271. The number of hydrogen-bond donors (Lipinski definition) is 0. The predicted molar refractivity (Wildman–Crippen MR) is 88.1 cm³/mol. The Hall–Kier alpha value is -2.38. The summed E-state index contributed by atoms with van der Waals surface area (Å²) < 4.78 is 43.7. The average Bonchev–Trinajstić information content (AvgIpc) is 3.03. The Kier molecular flexibility index (Phi) is 5.02. The Labute approximate surface area is 149 Å². The highest BCUT2D eigenvalue weighted by atomic mass is 19.4. The van der Waals surface area contributed by atoms with E-state index >= 15 is 0 Å². The van der Waals surface area contributed by atoms with Gasteiger partial charge in [-0.15, -0.1) is 0 Å². The highest BCUT2D eigenvalue weighted by Gasteiger charge is 2.37. The summed E-state index contributed by atoms with van der Waals surface area (Å²) in [5, 5.41) is 3.79. The van der Waals surface area contributed by atoms with Crippen molar-refractivity contribution in [3.63, 3.8) is 0 Å². The van der Waals surface area contributed by atoms with Gasteiger partial charge in [-0.2, -0.15) is 18.2 Å². The van der Waals surface area contributed by atoms with Gasteiger partial charge in [0.25, 0.3) is 0 Å². The molecule has 0 saturated carbocycles. The molecule has 8 heteroatoms. The van der Waals surface area contributed by atoms with Gasteiger partial charge in [0.2, 0.25) is 17.6 Å². The number of hydrogen-bond acceptors (Lipinski definition) is 4. The number of nitrogens with zero attached hydrogens (tertiary/aromatic N) is 3. The number of alkyl halides is 3. The molecule has 5 nitrogen and oxygen atoms in total. The van der Waals surface area contributed by atoms with Crippen LogP contribution in [-0.2, 0) is 11.0 Å². The molecule has 0 N–H and O–H groups in total. The van der Waals surface area contributed by atoms with Crippen LogP contribution in [0.4, 0.5) is 13.2 Å². The average molecular weight is 367 g/mol. The van der Waals surface area contributed by atoms with Crippen LogP contribution in [0.1, 0.15) is 44.1 Å². The minimum Gasteiger partial charge on any atom is -0.341 e. The highest BCUT2D eigenvalue weighted by Crippen LogP contribution is 2.33. The van der Waals surface area contributed by atoms with Crippen molar-refractivity contribution in [1.82, 2.24) is 15.0 Å². The number of carbonyl (C=O) groups is 1. The van der Waals surface area contributed by atoms with Gasteiger partial charge in [-0.1, -0.05) is 31.1 Å². The third-order valence-electron chi connectivity index (χ3n) is 4.77. The smallest absolute Gasteiger partial charge is 0.341 e. The van der Waals surface area contributed by atoms with Gasteiger partial charge < -0.3 is 9.42 Å². The molecule has 1 amide bonds. The van der Waals surface area contributed by atoms with Crippen LogP contribution in [0, 0.1) is 5.92 Å². The van der Waals surface area contributed by atoms with Crippen molar-refractivity contribution in [2.24, 2.45) is 5.92 Å². The lowest BCUT2D eigenvalue weighted by Gasteiger charge is -2.39. The molecule has 1 aromatic carbocycles. The largest absolute Gasteiger partial charge is 0.416 e. The summed E-state index contributed by atoms with van der Waals surface area (Å²) in [5.74, 6) is 0.561. The monoisotopic (exact) mass is 367 g/mol. The van der Waals surface area contributed by atoms with Gasteiger partial charge in [-0.05, 0) is 25.0 Å². The Morgan fingerprint density at radius 1 is 1.31 bits per heavy atom. The summed E-state index contributed by atoms with van der Waals surface area (Å²) in [5.41, 5.74) is -0.508. The second-order valence-corrected chi connectivity index (χ2v) is 6.49. The molecule has 2 heterocycles. The molecule has 1 aliphatic rings. The SMILES string of the molecule is CCC(CC)C(=O)N1CC(c2nc(-c3cccc(C(F)(F)F)c3)no2)C1. The lowest BCUT2D eigenvalue weighted by atomic mass is 9.94. The molecule has 0 aliphatic carbocycles. The van der Waals surface area contributed by atoms with Crippen LogP contribution < -0.4 is 0 Å². The van der Waals surface area contributed by atoms with E-state index in [-0.39, 0.29) is 29.1 Å². The second kappa shape index (κ2) is 7.09. The molecule has 0 unspecified atom stereocenters. The van der Waals surface area contributed by atoms with Gasteiger partial charge in [0.05, 0.1) is 11.5 Å². The van der Waals surface area contributed by atoms with E-state index in [1.54, 1.807) is 4.90 Å². The predicted octanol–water partition coefficient (Wildman–Crippen LogP) is 4.12. The molecule has 26 heavy (non-hydrogen) atoms. The lowest BCUT2D eigenvalue weighted by molar-refractivity contribution is -0.140. The Morgan fingerprint density at radius 3 is 2.62 bits per heavy atom. The van der Waals surface area contributed by atoms with Crippen molar-refractivity contribution in [2.75, 3.05) is 13.1 Å². The number of amides is 1. The maximum atomic E-state index is 12.8. The minimum atomic E-state index is -4.42. The van der Waals surface area contributed by atoms with Crippen LogP contribution in [0.15, 0.2) is 28.8 Å². The topological polar surface area (TPSA) is 59.2 Å². The normalized spacial score (nSPS) is 15.4. The fourth-order valence-corrected chi connectivity index (χ4v) is 3.06. The van der Waals surface area contributed by atoms with E-state index in [1.165, 1.54) is 12.1 Å². The second-order valence-electron chi connectivity index (χ2n) is 6.49. The summed E-state index contributed by atoms with van der Waals surface area (Å²) in [4.78, 5) is 18.3. The Morgan fingerprint density at radius 2 is 2.00 bits per heavy atom. The number of benzene rings is 1. The van der Waals surface area contributed by atoms with E-state index in [1.807, 2.05) is 13.8 Å². The van der Waals surface area contributed by atoms with Crippen molar-refractivity contribution in [2.45, 2.75) is 38.8 Å². The first-order valence-corrected chi connectivity index (χ1v) is 8.63. The molecule has 3 rings (SSSR count). The molecule has 1 aliphatic heterocycles. The van der Waals surface area contributed by atoms with Gasteiger partial charge in [-0.3, -0.25) is 4.79 Å². The molecular weight excluding hydrogens is 347 g/mol. The molecule has 2 aromatic rings. The van der Waals surface area contributed by atoms with Crippen LogP contribution in [-0.4, -0.2) is 34.0 Å². The van der Waals surface area contributed by atoms with Gasteiger partial charge in [0.15, 0.2) is 0 Å². The van der Waals surface area contributed by atoms with E-state index in [0.717, 1.165) is 25.0 Å². The fourth-order valence-electron chi connectivity index (χ4n) is 3.06. The number of carbonyl (C=O) groups excluding carboxylic acids is 1. The molecule has 1 saturated heterocycles. The fraction of sp³-hybridized carbons (Fsp3) is 0.500.